The van der Waals surface area contributed by atoms with Crippen LogP contribution in [0, 0.1) is 6.92 Å². The van der Waals surface area contributed by atoms with E-state index in [1.165, 1.54) is 11.1 Å². The molecule has 0 spiro atoms. The molecule has 3 nitrogen and oxygen atoms in total. The third-order valence-corrected chi connectivity index (χ3v) is 4.06. The van der Waals surface area contributed by atoms with E-state index in [2.05, 4.69) is 41.3 Å². The van der Waals surface area contributed by atoms with Gasteiger partial charge in [-0.2, -0.15) is 0 Å². The van der Waals surface area contributed by atoms with E-state index in [0.717, 1.165) is 36.6 Å². The molecule has 0 amide bonds. The topological polar surface area (TPSA) is 42.2 Å². The van der Waals surface area contributed by atoms with Crippen LogP contribution in [0.4, 0.5) is 5.82 Å². The van der Waals surface area contributed by atoms with Gasteiger partial charge in [-0.1, -0.05) is 30.3 Å². The zero-order valence-corrected chi connectivity index (χ0v) is 12.1. The molecule has 0 bridgehead atoms. The molecule has 1 aliphatic rings. The monoisotopic (exact) mass is 267 g/mol. The lowest BCUT2D eigenvalue weighted by Gasteiger charge is -2.30. The van der Waals surface area contributed by atoms with E-state index in [9.17, 15) is 0 Å². The zero-order chi connectivity index (χ0) is 14.1. The normalized spacial score (nSPS) is 15.8. The summed E-state index contributed by atoms with van der Waals surface area (Å²) in [7, 11) is 0. The van der Waals surface area contributed by atoms with Crippen LogP contribution < -0.4 is 10.6 Å². The maximum atomic E-state index is 5.95. The smallest absolute Gasteiger partial charge is 0.129 e. The summed E-state index contributed by atoms with van der Waals surface area (Å²) in [6, 6.07) is 12.9. The lowest BCUT2D eigenvalue weighted by atomic mass is 10.00. The number of fused-ring (bicyclic) bond motifs is 1. The predicted octanol–water partition coefficient (Wildman–Crippen LogP) is 2.97. The van der Waals surface area contributed by atoms with Gasteiger partial charge in [-0.05, 0) is 43.0 Å². The highest BCUT2D eigenvalue weighted by Gasteiger charge is 2.17. The van der Waals surface area contributed by atoms with Crippen molar-refractivity contribution >= 4 is 5.82 Å². The highest BCUT2D eigenvalue weighted by atomic mass is 15.2. The summed E-state index contributed by atoms with van der Waals surface area (Å²) < 4.78 is 0. The first-order valence-electron chi connectivity index (χ1n) is 7.20. The van der Waals surface area contributed by atoms with Crippen molar-refractivity contribution in [1.82, 2.24) is 4.98 Å². The fourth-order valence-electron chi connectivity index (χ4n) is 2.91. The fraction of sp³-hybridized carbons (Fsp3) is 0.353. The third kappa shape index (κ3) is 2.41. The Morgan fingerprint density at radius 1 is 1.15 bits per heavy atom. The summed E-state index contributed by atoms with van der Waals surface area (Å²) >= 11 is 0. The van der Waals surface area contributed by atoms with Crippen LogP contribution in [0.1, 0.15) is 35.3 Å². The number of nitrogens with two attached hydrogens (primary N) is 1. The highest BCUT2D eigenvalue weighted by molar-refractivity contribution is 5.46. The molecule has 0 aliphatic carbocycles. The number of pyridine rings is 1. The number of rotatable bonds is 2. The van der Waals surface area contributed by atoms with Crippen LogP contribution in [-0.2, 0) is 13.0 Å². The quantitative estimate of drug-likeness (QED) is 0.909. The lowest BCUT2D eigenvalue weighted by Crippen LogP contribution is -2.31. The molecule has 2 aromatic rings. The zero-order valence-electron chi connectivity index (χ0n) is 12.1. The number of nitrogens with zero attached hydrogens (tertiary/aromatic N) is 2. The molecular formula is C17H21N3. The Morgan fingerprint density at radius 2 is 1.90 bits per heavy atom. The standard InChI is InChI=1S/C17H21N3/c1-12(18)16-7-8-17(19-13(16)2)20-10-9-14-5-3-4-6-15(14)11-20/h3-8,12H,9-11,18H2,1-2H3. The van der Waals surface area contributed by atoms with Crippen molar-refractivity contribution in [2.45, 2.75) is 32.9 Å². The van der Waals surface area contributed by atoms with Gasteiger partial charge >= 0.3 is 0 Å². The average Bonchev–Trinajstić information content (AvgIpc) is 2.46. The first-order valence-corrected chi connectivity index (χ1v) is 7.20. The molecule has 0 saturated heterocycles. The molecule has 20 heavy (non-hydrogen) atoms. The van der Waals surface area contributed by atoms with Crippen molar-refractivity contribution in [3.63, 3.8) is 0 Å². The minimum Gasteiger partial charge on any atom is -0.352 e. The molecule has 1 aliphatic heterocycles. The van der Waals surface area contributed by atoms with Crippen molar-refractivity contribution in [2.75, 3.05) is 11.4 Å². The predicted molar refractivity (Wildman–Crippen MR) is 82.8 cm³/mol. The van der Waals surface area contributed by atoms with Crippen molar-refractivity contribution in [1.29, 1.82) is 0 Å². The van der Waals surface area contributed by atoms with E-state index in [4.69, 9.17) is 10.7 Å². The first kappa shape index (κ1) is 13.1. The molecule has 3 rings (SSSR count). The van der Waals surface area contributed by atoms with Crippen molar-refractivity contribution in [3.8, 4) is 0 Å². The van der Waals surface area contributed by atoms with Crippen molar-refractivity contribution in [3.05, 3.63) is 58.8 Å². The van der Waals surface area contributed by atoms with Crippen molar-refractivity contribution in [2.24, 2.45) is 5.73 Å². The molecule has 104 valence electrons. The van der Waals surface area contributed by atoms with E-state index in [1.54, 1.807) is 0 Å². The molecule has 1 unspecified atom stereocenters. The van der Waals surface area contributed by atoms with Crippen molar-refractivity contribution < 1.29 is 0 Å². The van der Waals surface area contributed by atoms with Gasteiger partial charge in [0.05, 0.1) is 0 Å². The van der Waals surface area contributed by atoms with Gasteiger partial charge in [0, 0.05) is 24.8 Å². The van der Waals surface area contributed by atoms with Gasteiger partial charge in [0.1, 0.15) is 5.82 Å². The summed E-state index contributed by atoms with van der Waals surface area (Å²) in [6.45, 7) is 6.02. The van der Waals surface area contributed by atoms with Gasteiger partial charge in [0.25, 0.3) is 0 Å². The van der Waals surface area contributed by atoms with Crippen LogP contribution in [0.25, 0.3) is 0 Å². The average molecular weight is 267 g/mol. The van der Waals surface area contributed by atoms with Crippen LogP contribution in [0.5, 0.6) is 0 Å². The second kappa shape index (κ2) is 5.25. The Balaban J connectivity index is 1.86. The molecule has 1 aromatic carbocycles. The largest absolute Gasteiger partial charge is 0.352 e. The maximum absolute atomic E-state index is 5.95. The number of benzene rings is 1. The Labute approximate surface area is 120 Å². The van der Waals surface area contributed by atoms with Crippen LogP contribution in [-0.4, -0.2) is 11.5 Å². The summed E-state index contributed by atoms with van der Waals surface area (Å²) in [4.78, 5) is 7.08. The van der Waals surface area contributed by atoms with Gasteiger partial charge in [-0.25, -0.2) is 4.98 Å². The number of aryl methyl sites for hydroxylation is 1. The highest BCUT2D eigenvalue weighted by Crippen LogP contribution is 2.25. The van der Waals surface area contributed by atoms with Crippen LogP contribution in [0.2, 0.25) is 0 Å². The van der Waals surface area contributed by atoms with Crippen LogP contribution >= 0.6 is 0 Å². The number of anilines is 1. The lowest BCUT2D eigenvalue weighted by molar-refractivity contribution is 0.715. The Hall–Kier alpha value is -1.87. The maximum Gasteiger partial charge on any atom is 0.129 e. The molecule has 3 heteroatoms. The van der Waals surface area contributed by atoms with E-state index in [0.29, 0.717) is 0 Å². The van der Waals surface area contributed by atoms with Crippen LogP contribution in [0.15, 0.2) is 36.4 Å². The van der Waals surface area contributed by atoms with Gasteiger partial charge in [0.2, 0.25) is 0 Å². The van der Waals surface area contributed by atoms with E-state index in [1.807, 2.05) is 13.8 Å². The van der Waals surface area contributed by atoms with Gasteiger partial charge in [0.15, 0.2) is 0 Å². The number of hydrogen-bond acceptors (Lipinski definition) is 3. The Bertz CT molecular complexity index is 619. The van der Waals surface area contributed by atoms with Crippen LogP contribution in [0.3, 0.4) is 0 Å². The molecule has 2 N–H and O–H groups in total. The molecule has 0 saturated carbocycles. The second-order valence-electron chi connectivity index (χ2n) is 5.57. The number of hydrogen-bond donors (Lipinski definition) is 1. The van der Waals surface area contributed by atoms with Gasteiger partial charge in [-0.3, -0.25) is 0 Å². The summed E-state index contributed by atoms with van der Waals surface area (Å²) in [5.41, 5.74) is 11.0. The van der Waals surface area contributed by atoms with Gasteiger partial charge in [-0.15, -0.1) is 0 Å². The fourth-order valence-corrected chi connectivity index (χ4v) is 2.91. The van der Waals surface area contributed by atoms with Gasteiger partial charge < -0.3 is 10.6 Å². The van der Waals surface area contributed by atoms with E-state index in [-0.39, 0.29) is 6.04 Å². The molecule has 1 aromatic heterocycles. The molecule has 0 fully saturated rings. The third-order valence-electron chi connectivity index (χ3n) is 4.06. The minimum atomic E-state index is 0.0404. The van der Waals surface area contributed by atoms with E-state index < -0.39 is 0 Å². The summed E-state index contributed by atoms with van der Waals surface area (Å²) in [6.07, 6.45) is 1.09. The summed E-state index contributed by atoms with van der Waals surface area (Å²) in [5, 5.41) is 0. The molecule has 2 heterocycles. The molecule has 0 radical (unpaired) electrons. The van der Waals surface area contributed by atoms with E-state index >= 15 is 0 Å². The minimum absolute atomic E-state index is 0.0404. The first-order chi connectivity index (χ1) is 9.65. The Morgan fingerprint density at radius 3 is 2.60 bits per heavy atom. The summed E-state index contributed by atoms with van der Waals surface area (Å²) in [5.74, 6) is 1.06. The number of aromatic nitrogens is 1. The molecular weight excluding hydrogens is 246 g/mol. The Kier molecular flexibility index (Phi) is 3.45. The second-order valence-corrected chi connectivity index (χ2v) is 5.57. The SMILES string of the molecule is Cc1nc(N2CCc3ccccc3C2)ccc1C(C)N. The molecule has 1 atom stereocenters.